The Balaban J connectivity index is 2.27. The molecule has 19 heavy (non-hydrogen) atoms. The molecule has 2 nitrogen and oxygen atoms in total. The number of nitrogens with zero attached hydrogens (tertiary/aromatic N) is 1. The van der Waals surface area contributed by atoms with Crippen molar-refractivity contribution < 1.29 is 4.39 Å². The highest BCUT2D eigenvalue weighted by Gasteiger charge is 2.11. The molecule has 2 aromatic rings. The molecule has 0 bridgehead atoms. The molecule has 1 aromatic carbocycles. The minimum Gasteiger partial charge on any atom is -0.312 e. The molecule has 1 N–H and O–H groups in total. The number of thiazole rings is 1. The highest BCUT2D eigenvalue weighted by atomic mass is 32.1. The Bertz CT molecular complexity index is 519. The predicted octanol–water partition coefficient (Wildman–Crippen LogP) is 4.01. The fraction of sp³-hybridized carbons (Fsp3) is 0.400. The highest BCUT2D eigenvalue weighted by Crippen LogP contribution is 2.29. The molecule has 0 aliphatic heterocycles. The minimum atomic E-state index is -0.207. The van der Waals surface area contributed by atoms with E-state index >= 15 is 0 Å². The molecule has 4 heteroatoms. The summed E-state index contributed by atoms with van der Waals surface area (Å²) in [6.45, 7) is 6.08. The zero-order chi connectivity index (χ0) is 13.7. The first-order chi connectivity index (χ1) is 9.24. The molecule has 0 spiro atoms. The van der Waals surface area contributed by atoms with Crippen molar-refractivity contribution in [2.24, 2.45) is 0 Å². The topological polar surface area (TPSA) is 24.9 Å². The molecule has 0 radical (unpaired) electrons. The molecule has 0 atom stereocenters. The molecule has 2 rings (SSSR count). The monoisotopic (exact) mass is 278 g/mol. The smallest absolute Gasteiger partial charge is 0.123 e. The molecule has 0 fully saturated rings. The Morgan fingerprint density at radius 3 is 2.58 bits per heavy atom. The molecule has 0 aliphatic carbocycles. The fourth-order valence-corrected chi connectivity index (χ4v) is 2.99. The van der Waals surface area contributed by atoms with Crippen molar-refractivity contribution in [3.63, 3.8) is 0 Å². The second-order valence-corrected chi connectivity index (χ2v) is 5.51. The van der Waals surface area contributed by atoms with Crippen LogP contribution in [0.15, 0.2) is 24.3 Å². The van der Waals surface area contributed by atoms with Gasteiger partial charge in [-0.15, -0.1) is 11.3 Å². The summed E-state index contributed by atoms with van der Waals surface area (Å²) >= 11 is 1.70. The Hall–Kier alpha value is -1.26. The van der Waals surface area contributed by atoms with E-state index in [0.717, 1.165) is 36.5 Å². The SMILES string of the molecule is CCCc1nc(-c2ccc(F)cc2)sc1CNCC. The van der Waals surface area contributed by atoms with Gasteiger partial charge in [-0.1, -0.05) is 20.3 Å². The maximum Gasteiger partial charge on any atom is 0.123 e. The number of hydrogen-bond acceptors (Lipinski definition) is 3. The van der Waals surface area contributed by atoms with Gasteiger partial charge in [0, 0.05) is 17.0 Å². The summed E-state index contributed by atoms with van der Waals surface area (Å²) in [6, 6.07) is 6.56. The van der Waals surface area contributed by atoms with E-state index in [9.17, 15) is 4.39 Å². The average molecular weight is 278 g/mol. The third-order valence-electron chi connectivity index (χ3n) is 2.89. The zero-order valence-corrected chi connectivity index (χ0v) is 12.2. The maximum absolute atomic E-state index is 12.9. The van der Waals surface area contributed by atoms with Crippen LogP contribution in [-0.2, 0) is 13.0 Å². The number of nitrogens with one attached hydrogen (secondary N) is 1. The molecule has 0 saturated carbocycles. The summed E-state index contributed by atoms with van der Waals surface area (Å²) in [7, 11) is 0. The van der Waals surface area contributed by atoms with Crippen molar-refractivity contribution in [1.82, 2.24) is 10.3 Å². The van der Waals surface area contributed by atoms with E-state index in [2.05, 4.69) is 19.2 Å². The third-order valence-corrected chi connectivity index (χ3v) is 4.04. The van der Waals surface area contributed by atoms with Crippen molar-refractivity contribution in [2.45, 2.75) is 33.2 Å². The van der Waals surface area contributed by atoms with Crippen LogP contribution in [0, 0.1) is 5.82 Å². The standard InChI is InChI=1S/C15H19FN2S/c1-3-5-13-14(10-17-4-2)19-15(18-13)11-6-8-12(16)9-7-11/h6-9,17H,3-5,10H2,1-2H3. The molecule has 0 aliphatic rings. The van der Waals surface area contributed by atoms with Crippen molar-refractivity contribution in [1.29, 1.82) is 0 Å². The number of halogens is 1. The predicted molar refractivity (Wildman–Crippen MR) is 78.9 cm³/mol. The van der Waals surface area contributed by atoms with Crippen molar-refractivity contribution in [3.8, 4) is 10.6 Å². The van der Waals surface area contributed by atoms with Gasteiger partial charge < -0.3 is 5.32 Å². The minimum absolute atomic E-state index is 0.207. The van der Waals surface area contributed by atoms with Gasteiger partial charge in [0.25, 0.3) is 0 Å². The van der Waals surface area contributed by atoms with Crippen LogP contribution in [0.1, 0.15) is 30.8 Å². The lowest BCUT2D eigenvalue weighted by Crippen LogP contribution is -2.11. The van der Waals surface area contributed by atoms with Gasteiger partial charge in [0.15, 0.2) is 0 Å². The number of rotatable bonds is 6. The van der Waals surface area contributed by atoms with E-state index in [4.69, 9.17) is 4.98 Å². The van der Waals surface area contributed by atoms with Crippen molar-refractivity contribution in [3.05, 3.63) is 40.7 Å². The molecule has 1 heterocycles. The van der Waals surface area contributed by atoms with Gasteiger partial charge in [-0.05, 0) is 37.2 Å². The van der Waals surface area contributed by atoms with E-state index in [1.165, 1.54) is 22.7 Å². The van der Waals surface area contributed by atoms with E-state index in [1.54, 1.807) is 23.5 Å². The van der Waals surface area contributed by atoms with Crippen LogP contribution >= 0.6 is 11.3 Å². The number of hydrogen-bond donors (Lipinski definition) is 1. The molecule has 0 amide bonds. The lowest BCUT2D eigenvalue weighted by atomic mass is 10.2. The Labute approximate surface area is 117 Å². The van der Waals surface area contributed by atoms with Gasteiger partial charge in [-0.2, -0.15) is 0 Å². The number of aromatic nitrogens is 1. The van der Waals surface area contributed by atoms with Crippen molar-refractivity contribution >= 4 is 11.3 Å². The van der Waals surface area contributed by atoms with Gasteiger partial charge in [0.2, 0.25) is 0 Å². The lowest BCUT2D eigenvalue weighted by Gasteiger charge is -2.00. The van der Waals surface area contributed by atoms with Gasteiger partial charge >= 0.3 is 0 Å². The van der Waals surface area contributed by atoms with E-state index < -0.39 is 0 Å². The summed E-state index contributed by atoms with van der Waals surface area (Å²) in [5.41, 5.74) is 2.17. The summed E-state index contributed by atoms with van der Waals surface area (Å²) in [5.74, 6) is -0.207. The zero-order valence-electron chi connectivity index (χ0n) is 11.4. The summed E-state index contributed by atoms with van der Waals surface area (Å²) in [6.07, 6.45) is 2.09. The average Bonchev–Trinajstić information content (AvgIpc) is 2.81. The number of aryl methyl sites for hydroxylation is 1. The molecular weight excluding hydrogens is 259 g/mol. The maximum atomic E-state index is 12.9. The molecular formula is C15H19FN2S. The first-order valence-electron chi connectivity index (χ1n) is 6.69. The Morgan fingerprint density at radius 1 is 1.21 bits per heavy atom. The Kier molecular flexibility index (Phi) is 5.05. The number of benzene rings is 1. The van der Waals surface area contributed by atoms with Crippen LogP contribution in [0.25, 0.3) is 10.6 Å². The first-order valence-corrected chi connectivity index (χ1v) is 7.51. The van der Waals surface area contributed by atoms with Crippen LogP contribution in [-0.4, -0.2) is 11.5 Å². The van der Waals surface area contributed by atoms with E-state index in [0.29, 0.717) is 0 Å². The highest BCUT2D eigenvalue weighted by molar-refractivity contribution is 7.15. The van der Waals surface area contributed by atoms with Crippen molar-refractivity contribution in [2.75, 3.05) is 6.54 Å². The van der Waals surface area contributed by atoms with Crippen LogP contribution in [0.3, 0.4) is 0 Å². The normalized spacial score (nSPS) is 10.9. The largest absolute Gasteiger partial charge is 0.312 e. The van der Waals surface area contributed by atoms with Gasteiger partial charge in [-0.25, -0.2) is 9.37 Å². The third kappa shape index (κ3) is 3.61. The summed E-state index contributed by atoms with van der Waals surface area (Å²) in [4.78, 5) is 6.00. The summed E-state index contributed by atoms with van der Waals surface area (Å²) in [5, 5.41) is 4.33. The van der Waals surface area contributed by atoms with Crippen LogP contribution in [0.4, 0.5) is 4.39 Å². The van der Waals surface area contributed by atoms with E-state index in [-0.39, 0.29) is 5.82 Å². The second kappa shape index (κ2) is 6.78. The molecule has 1 aromatic heterocycles. The molecule has 0 saturated heterocycles. The van der Waals surface area contributed by atoms with Gasteiger partial charge in [-0.3, -0.25) is 0 Å². The molecule has 0 unspecified atom stereocenters. The second-order valence-electron chi connectivity index (χ2n) is 4.43. The van der Waals surface area contributed by atoms with Gasteiger partial charge in [0.1, 0.15) is 10.8 Å². The lowest BCUT2D eigenvalue weighted by molar-refractivity contribution is 0.628. The summed E-state index contributed by atoms with van der Waals surface area (Å²) < 4.78 is 12.9. The van der Waals surface area contributed by atoms with Crippen LogP contribution in [0.5, 0.6) is 0 Å². The van der Waals surface area contributed by atoms with Crippen LogP contribution in [0.2, 0.25) is 0 Å². The molecule has 102 valence electrons. The van der Waals surface area contributed by atoms with Crippen LogP contribution < -0.4 is 5.32 Å². The quantitative estimate of drug-likeness (QED) is 0.863. The Morgan fingerprint density at radius 2 is 1.95 bits per heavy atom. The van der Waals surface area contributed by atoms with Gasteiger partial charge in [0.05, 0.1) is 5.69 Å². The van der Waals surface area contributed by atoms with E-state index in [1.807, 2.05) is 0 Å². The fourth-order valence-electron chi connectivity index (χ4n) is 1.91. The first kappa shape index (κ1) is 14.2.